The highest BCUT2D eigenvalue weighted by Crippen LogP contribution is 2.39. The fourth-order valence-electron chi connectivity index (χ4n) is 4.72. The van der Waals surface area contributed by atoms with Crippen molar-refractivity contribution in [2.75, 3.05) is 13.6 Å². The van der Waals surface area contributed by atoms with Crippen molar-refractivity contribution in [3.8, 4) is 0 Å². The summed E-state index contributed by atoms with van der Waals surface area (Å²) in [6.07, 6.45) is 4.56. The highest BCUT2D eigenvalue weighted by Gasteiger charge is 2.40. The molecule has 1 aliphatic heterocycles. The Labute approximate surface area is 273 Å². The molecule has 1 saturated heterocycles. The van der Waals surface area contributed by atoms with Crippen molar-refractivity contribution in [1.29, 1.82) is 0 Å². The molecule has 1 saturated carbocycles. The minimum absolute atomic E-state index is 0.00174. The molecule has 1 amide bonds. The lowest BCUT2D eigenvalue weighted by Gasteiger charge is -2.45. The molecular weight excluding hydrogens is 603 g/mol. The van der Waals surface area contributed by atoms with Gasteiger partial charge in [-0.25, -0.2) is 8.51 Å². The number of carboxylic acid groups (broad SMARTS) is 1. The van der Waals surface area contributed by atoms with Crippen molar-refractivity contribution in [1.82, 2.24) is 9.21 Å². The zero-order valence-electron chi connectivity index (χ0n) is 27.4. The van der Waals surface area contributed by atoms with Crippen molar-refractivity contribution >= 4 is 46.1 Å². The van der Waals surface area contributed by atoms with E-state index in [0.29, 0.717) is 24.4 Å². The molecule has 2 fully saturated rings. The number of benzene rings is 2. The van der Waals surface area contributed by atoms with Gasteiger partial charge in [-0.3, -0.25) is 9.59 Å². The predicted octanol–water partition coefficient (Wildman–Crippen LogP) is 9.44. The van der Waals surface area contributed by atoms with Gasteiger partial charge in [-0.05, 0) is 75.4 Å². The summed E-state index contributed by atoms with van der Waals surface area (Å²) in [5.41, 5.74) is 1.04. The van der Waals surface area contributed by atoms with Crippen molar-refractivity contribution in [2.24, 2.45) is 5.92 Å². The number of likely N-dealkylation sites (tertiary alicyclic amines) is 1. The van der Waals surface area contributed by atoms with Crippen LogP contribution in [0.5, 0.6) is 0 Å². The maximum atomic E-state index is 13.5. The van der Waals surface area contributed by atoms with Crippen LogP contribution in [0.15, 0.2) is 54.6 Å². The number of nitrogens with zero attached hydrogens (tertiary/aromatic N) is 2. The number of carboxylic acids is 1. The SMILES string of the molecule is CC.CC.CC.CC[C@@H](CN(C)S(=O)C1CC1)N1C(=O)C(CCC(=O)O)CC[C@H]1c1ccc(Cl)cc1.Clc1ccccc1. The molecule has 1 heterocycles. The summed E-state index contributed by atoms with van der Waals surface area (Å²) in [5.74, 6) is -1.14. The average Bonchev–Trinajstić information content (AvgIpc) is 3.89. The Balaban J connectivity index is 0.00000115. The lowest BCUT2D eigenvalue weighted by atomic mass is 9.84. The molecule has 4 rings (SSSR count). The Hall–Kier alpha value is -1.93. The molecule has 244 valence electrons. The first-order valence-corrected chi connectivity index (χ1v) is 17.8. The van der Waals surface area contributed by atoms with Gasteiger partial charge in [0.25, 0.3) is 0 Å². The number of rotatable bonds is 10. The van der Waals surface area contributed by atoms with Crippen LogP contribution in [0.4, 0.5) is 0 Å². The van der Waals surface area contributed by atoms with Gasteiger partial charge in [0.15, 0.2) is 0 Å². The molecule has 6 nitrogen and oxygen atoms in total. The number of amides is 1. The molecule has 2 aliphatic rings. The molecule has 2 unspecified atom stereocenters. The summed E-state index contributed by atoms with van der Waals surface area (Å²) in [7, 11) is 0.846. The number of hydrogen-bond donors (Lipinski definition) is 1. The van der Waals surface area contributed by atoms with Gasteiger partial charge in [-0.1, -0.05) is 102 Å². The molecule has 9 heteroatoms. The monoisotopic (exact) mass is 656 g/mol. The standard InChI is InChI=1S/C22H31ClN2O4S.C6H5Cl.3C2H6/c1-3-18(14-24(2)30(29)19-10-11-19)25-20(15-4-8-17(23)9-5-15)12-6-16(22(25)28)7-13-21(26)27;7-6-4-2-1-3-5-6;3*1-2/h4-5,8-9,16,18-20H,3,6-7,10-14H2,1-2H3,(H,26,27);1-5H;3*1-2H3/t16?,18-,20-,30?;;;;/m0..../s1. The Morgan fingerprint density at radius 3 is 1.91 bits per heavy atom. The molecular formula is C34H54Cl2N2O4S. The highest BCUT2D eigenvalue weighted by atomic mass is 35.5. The quantitative estimate of drug-likeness (QED) is 0.276. The third kappa shape index (κ3) is 14.6. The molecule has 1 aliphatic carbocycles. The van der Waals surface area contributed by atoms with E-state index in [0.717, 1.165) is 36.3 Å². The largest absolute Gasteiger partial charge is 0.481 e. The second kappa shape index (κ2) is 23.5. The number of halogens is 2. The van der Waals surface area contributed by atoms with Crippen molar-refractivity contribution < 1.29 is 18.9 Å². The summed E-state index contributed by atoms with van der Waals surface area (Å²) in [4.78, 5) is 26.5. The van der Waals surface area contributed by atoms with Gasteiger partial charge in [0.05, 0.1) is 17.0 Å². The van der Waals surface area contributed by atoms with E-state index < -0.39 is 17.0 Å². The first kappa shape index (κ1) is 41.1. The molecule has 2 aromatic carbocycles. The summed E-state index contributed by atoms with van der Waals surface area (Å²) in [5, 5.41) is 10.8. The minimum atomic E-state index is -1.02. The fourth-order valence-corrected chi connectivity index (χ4v) is 6.36. The average molecular weight is 658 g/mol. The van der Waals surface area contributed by atoms with E-state index in [1.165, 1.54) is 0 Å². The van der Waals surface area contributed by atoms with Crippen LogP contribution in [0.1, 0.15) is 105 Å². The molecule has 0 spiro atoms. The van der Waals surface area contributed by atoms with Crippen LogP contribution < -0.4 is 0 Å². The molecule has 0 aromatic heterocycles. The van der Waals surface area contributed by atoms with E-state index >= 15 is 0 Å². The van der Waals surface area contributed by atoms with Crippen LogP contribution in [0.2, 0.25) is 10.0 Å². The minimum Gasteiger partial charge on any atom is -0.481 e. The van der Waals surface area contributed by atoms with Gasteiger partial charge < -0.3 is 10.0 Å². The Kier molecular flexibility index (Phi) is 22.4. The highest BCUT2D eigenvalue weighted by molar-refractivity contribution is 7.83. The molecule has 0 bridgehead atoms. The van der Waals surface area contributed by atoms with Crippen LogP contribution >= 0.6 is 23.2 Å². The summed E-state index contributed by atoms with van der Waals surface area (Å²) < 4.78 is 14.5. The van der Waals surface area contributed by atoms with Gasteiger partial charge in [-0.15, -0.1) is 0 Å². The molecule has 2 aromatic rings. The third-order valence-corrected chi connectivity index (χ3v) is 9.18. The molecule has 43 heavy (non-hydrogen) atoms. The zero-order valence-corrected chi connectivity index (χ0v) is 29.7. The first-order chi connectivity index (χ1) is 20.7. The van der Waals surface area contributed by atoms with Crippen LogP contribution in [0.25, 0.3) is 0 Å². The van der Waals surface area contributed by atoms with Crippen molar-refractivity contribution in [2.45, 2.75) is 111 Å². The Morgan fingerprint density at radius 1 is 0.930 bits per heavy atom. The van der Waals surface area contributed by atoms with E-state index in [1.54, 1.807) is 0 Å². The van der Waals surface area contributed by atoms with E-state index in [4.69, 9.17) is 28.3 Å². The smallest absolute Gasteiger partial charge is 0.303 e. The summed E-state index contributed by atoms with van der Waals surface area (Å²) >= 11 is 11.6. The van der Waals surface area contributed by atoms with E-state index in [-0.39, 0.29) is 35.6 Å². The summed E-state index contributed by atoms with van der Waals surface area (Å²) in [6, 6.07) is 16.9. The first-order valence-electron chi connectivity index (χ1n) is 15.8. The van der Waals surface area contributed by atoms with Crippen LogP contribution in [0, 0.1) is 5.92 Å². The lowest BCUT2D eigenvalue weighted by Crippen LogP contribution is -2.52. The Morgan fingerprint density at radius 2 is 1.47 bits per heavy atom. The lowest BCUT2D eigenvalue weighted by molar-refractivity contribution is -0.146. The second-order valence-electron chi connectivity index (χ2n) is 9.66. The van der Waals surface area contributed by atoms with E-state index in [2.05, 4.69) is 0 Å². The van der Waals surface area contributed by atoms with Gasteiger partial charge in [0.2, 0.25) is 5.91 Å². The number of likely N-dealkylation sites (N-methyl/N-ethyl adjacent to an activating group) is 1. The van der Waals surface area contributed by atoms with Crippen molar-refractivity contribution in [3.05, 3.63) is 70.2 Å². The maximum absolute atomic E-state index is 13.5. The normalized spacial score (nSPS) is 18.7. The predicted molar refractivity (Wildman–Crippen MR) is 184 cm³/mol. The van der Waals surface area contributed by atoms with Crippen LogP contribution in [0.3, 0.4) is 0 Å². The fraction of sp³-hybridized carbons (Fsp3) is 0.588. The maximum Gasteiger partial charge on any atom is 0.303 e. The number of piperidine rings is 1. The number of carbonyl (C=O) groups is 2. The third-order valence-electron chi connectivity index (χ3n) is 6.87. The van der Waals surface area contributed by atoms with Crippen LogP contribution in [-0.4, -0.2) is 55.3 Å². The second-order valence-corrected chi connectivity index (χ2v) is 12.4. The number of aliphatic carboxylic acids is 1. The molecule has 0 radical (unpaired) electrons. The van der Waals surface area contributed by atoms with Crippen LogP contribution in [-0.2, 0) is 20.6 Å². The molecule has 4 atom stereocenters. The number of hydrogen-bond acceptors (Lipinski definition) is 3. The van der Waals surface area contributed by atoms with Gasteiger partial charge >= 0.3 is 5.97 Å². The van der Waals surface area contributed by atoms with Crippen molar-refractivity contribution in [3.63, 3.8) is 0 Å². The topological polar surface area (TPSA) is 77.9 Å². The van der Waals surface area contributed by atoms with Gasteiger partial charge in [-0.2, -0.15) is 0 Å². The van der Waals surface area contributed by atoms with Gasteiger partial charge in [0, 0.05) is 40.2 Å². The van der Waals surface area contributed by atoms with Gasteiger partial charge in [0.1, 0.15) is 0 Å². The Bertz CT molecular complexity index is 1050. The number of carbonyl (C=O) groups excluding carboxylic acids is 1. The van der Waals surface area contributed by atoms with E-state index in [1.807, 2.05) is 119 Å². The summed E-state index contributed by atoms with van der Waals surface area (Å²) in [6.45, 7) is 14.6. The molecule has 1 N–H and O–H groups in total. The van der Waals surface area contributed by atoms with E-state index in [9.17, 15) is 13.8 Å². The zero-order chi connectivity index (χ0) is 32.9.